The molecule has 1 amide bonds. The van der Waals surface area contributed by atoms with Crippen LogP contribution < -0.4 is 5.32 Å². The van der Waals surface area contributed by atoms with Crippen LogP contribution >= 0.6 is 0 Å². The van der Waals surface area contributed by atoms with E-state index >= 15 is 0 Å². The van der Waals surface area contributed by atoms with E-state index in [0.717, 1.165) is 24.5 Å². The summed E-state index contributed by atoms with van der Waals surface area (Å²) in [4.78, 5) is 23.4. The van der Waals surface area contributed by atoms with Crippen molar-refractivity contribution in [2.75, 3.05) is 6.61 Å². The summed E-state index contributed by atoms with van der Waals surface area (Å²) in [5.74, 6) is -2.71. The molecule has 2 N–H and O–H groups in total. The number of nitrogens with one attached hydrogen (secondary N) is 1. The summed E-state index contributed by atoms with van der Waals surface area (Å²) in [7, 11) is 0. The molecule has 130 valence electrons. The molecule has 0 aromatic heterocycles. The van der Waals surface area contributed by atoms with Gasteiger partial charge in [-0.05, 0) is 36.6 Å². The molecular formula is C19H18FNO4. The molecule has 2 aromatic carbocycles. The minimum absolute atomic E-state index is 0.173. The molecule has 1 aliphatic heterocycles. The summed E-state index contributed by atoms with van der Waals surface area (Å²) in [6.07, 6.45) is 1.54. The van der Waals surface area contributed by atoms with Crippen LogP contribution in [0.3, 0.4) is 0 Å². The normalized spacial score (nSPS) is 17.9. The fourth-order valence-corrected chi connectivity index (χ4v) is 2.97. The van der Waals surface area contributed by atoms with E-state index in [4.69, 9.17) is 9.84 Å². The Bertz CT molecular complexity index is 772. The van der Waals surface area contributed by atoms with E-state index in [1.807, 2.05) is 30.3 Å². The summed E-state index contributed by atoms with van der Waals surface area (Å²) in [5, 5.41) is 11.7. The Morgan fingerprint density at radius 2 is 1.96 bits per heavy atom. The van der Waals surface area contributed by atoms with Gasteiger partial charge in [0.05, 0.1) is 23.3 Å². The molecule has 0 spiro atoms. The average molecular weight is 343 g/mol. The highest BCUT2D eigenvalue weighted by Gasteiger charge is 2.29. The van der Waals surface area contributed by atoms with Gasteiger partial charge in [0, 0.05) is 6.61 Å². The minimum Gasteiger partial charge on any atom is -0.478 e. The van der Waals surface area contributed by atoms with Gasteiger partial charge >= 0.3 is 5.97 Å². The first-order valence-electron chi connectivity index (χ1n) is 8.06. The standard InChI is InChI=1S/C19H18FNO4/c20-15-11-13(19(23)24)8-9-14(15)18(22)21-17(16-7-4-10-25-16)12-5-2-1-3-6-12/h1-3,5-6,8-9,11,16-17H,4,7,10H2,(H,21,22)(H,23,24). The smallest absolute Gasteiger partial charge is 0.335 e. The van der Waals surface area contributed by atoms with Crippen molar-refractivity contribution < 1.29 is 23.8 Å². The van der Waals surface area contributed by atoms with E-state index in [1.54, 1.807) is 0 Å². The summed E-state index contributed by atoms with van der Waals surface area (Å²) in [5.41, 5.74) is 0.488. The number of halogens is 1. The van der Waals surface area contributed by atoms with Crippen LogP contribution in [0.4, 0.5) is 4.39 Å². The lowest BCUT2D eigenvalue weighted by Crippen LogP contribution is -2.36. The largest absolute Gasteiger partial charge is 0.478 e. The maximum Gasteiger partial charge on any atom is 0.335 e. The number of benzene rings is 2. The number of rotatable bonds is 5. The number of amides is 1. The number of carboxylic acid groups (broad SMARTS) is 1. The second-order valence-corrected chi connectivity index (χ2v) is 5.91. The first-order chi connectivity index (χ1) is 12.1. The van der Waals surface area contributed by atoms with Gasteiger partial charge in [0.1, 0.15) is 5.82 Å². The Labute approximate surface area is 144 Å². The Hall–Kier alpha value is -2.73. The molecule has 0 saturated carbocycles. The number of aromatic carboxylic acids is 1. The number of hydrogen-bond donors (Lipinski definition) is 2. The molecule has 1 aliphatic rings. The fraction of sp³-hybridized carbons (Fsp3) is 0.263. The van der Waals surface area contributed by atoms with Crippen molar-refractivity contribution in [3.8, 4) is 0 Å². The lowest BCUT2D eigenvalue weighted by atomic mass is 9.98. The molecule has 1 heterocycles. The second kappa shape index (κ2) is 7.44. The molecule has 25 heavy (non-hydrogen) atoms. The highest BCUT2D eigenvalue weighted by molar-refractivity contribution is 5.96. The third kappa shape index (κ3) is 3.85. The van der Waals surface area contributed by atoms with Crippen molar-refractivity contribution in [1.29, 1.82) is 0 Å². The predicted molar refractivity (Wildman–Crippen MR) is 89.0 cm³/mol. The molecule has 5 nitrogen and oxygen atoms in total. The molecule has 0 aliphatic carbocycles. The molecule has 2 atom stereocenters. The van der Waals surface area contributed by atoms with Gasteiger partial charge < -0.3 is 15.2 Å². The van der Waals surface area contributed by atoms with Crippen LogP contribution in [0, 0.1) is 5.82 Å². The van der Waals surface area contributed by atoms with Gasteiger partial charge in [-0.2, -0.15) is 0 Å². The van der Waals surface area contributed by atoms with Gasteiger partial charge in [0.2, 0.25) is 0 Å². The van der Waals surface area contributed by atoms with Gasteiger partial charge in [-0.25, -0.2) is 9.18 Å². The third-order valence-electron chi connectivity index (χ3n) is 4.24. The van der Waals surface area contributed by atoms with Crippen molar-refractivity contribution in [2.24, 2.45) is 0 Å². The Balaban J connectivity index is 1.84. The van der Waals surface area contributed by atoms with E-state index < -0.39 is 23.7 Å². The summed E-state index contributed by atoms with van der Waals surface area (Å²) in [6.45, 7) is 0.630. The van der Waals surface area contributed by atoms with Crippen LogP contribution in [0.1, 0.15) is 45.2 Å². The quantitative estimate of drug-likeness (QED) is 0.874. The average Bonchev–Trinajstić information content (AvgIpc) is 3.14. The van der Waals surface area contributed by atoms with Crippen LogP contribution in [0.15, 0.2) is 48.5 Å². The molecule has 0 radical (unpaired) electrons. The number of hydrogen-bond acceptors (Lipinski definition) is 3. The van der Waals surface area contributed by atoms with Crippen LogP contribution in [-0.2, 0) is 4.74 Å². The fourth-order valence-electron chi connectivity index (χ4n) is 2.97. The zero-order chi connectivity index (χ0) is 17.8. The minimum atomic E-state index is -1.24. The van der Waals surface area contributed by atoms with Gasteiger partial charge in [-0.15, -0.1) is 0 Å². The van der Waals surface area contributed by atoms with Crippen molar-refractivity contribution in [2.45, 2.75) is 25.0 Å². The van der Waals surface area contributed by atoms with E-state index in [1.165, 1.54) is 12.1 Å². The topological polar surface area (TPSA) is 75.6 Å². The van der Waals surface area contributed by atoms with Crippen molar-refractivity contribution >= 4 is 11.9 Å². The van der Waals surface area contributed by atoms with E-state index in [0.29, 0.717) is 6.61 Å². The van der Waals surface area contributed by atoms with Crippen molar-refractivity contribution in [3.05, 3.63) is 71.0 Å². The Morgan fingerprint density at radius 3 is 2.56 bits per heavy atom. The van der Waals surface area contributed by atoms with Crippen LogP contribution in [0.2, 0.25) is 0 Å². The van der Waals surface area contributed by atoms with E-state index in [-0.39, 0.29) is 17.2 Å². The Morgan fingerprint density at radius 1 is 1.20 bits per heavy atom. The van der Waals surface area contributed by atoms with Gasteiger partial charge in [0.25, 0.3) is 5.91 Å². The number of carbonyl (C=O) groups is 2. The molecular weight excluding hydrogens is 325 g/mol. The zero-order valence-corrected chi connectivity index (χ0v) is 13.4. The molecule has 6 heteroatoms. The summed E-state index contributed by atoms with van der Waals surface area (Å²) >= 11 is 0. The highest BCUT2D eigenvalue weighted by atomic mass is 19.1. The zero-order valence-electron chi connectivity index (χ0n) is 13.4. The lowest BCUT2D eigenvalue weighted by molar-refractivity contribution is 0.0668. The van der Waals surface area contributed by atoms with Crippen molar-refractivity contribution in [3.63, 3.8) is 0 Å². The molecule has 2 unspecified atom stereocenters. The molecule has 0 bridgehead atoms. The number of carbonyl (C=O) groups excluding carboxylic acids is 1. The number of carboxylic acids is 1. The van der Waals surface area contributed by atoms with Crippen LogP contribution in [0.5, 0.6) is 0 Å². The molecule has 3 rings (SSSR count). The van der Waals surface area contributed by atoms with E-state index in [9.17, 15) is 14.0 Å². The predicted octanol–water partition coefficient (Wildman–Crippen LogP) is 3.17. The summed E-state index contributed by atoms with van der Waals surface area (Å²) < 4.78 is 19.8. The lowest BCUT2D eigenvalue weighted by Gasteiger charge is -2.25. The molecule has 1 saturated heterocycles. The third-order valence-corrected chi connectivity index (χ3v) is 4.24. The molecule has 1 fully saturated rings. The first-order valence-corrected chi connectivity index (χ1v) is 8.06. The SMILES string of the molecule is O=C(O)c1ccc(C(=O)NC(c2ccccc2)C2CCCO2)c(F)c1. The van der Waals surface area contributed by atoms with Crippen molar-refractivity contribution in [1.82, 2.24) is 5.32 Å². The number of ether oxygens (including phenoxy) is 1. The first kappa shape index (κ1) is 17.1. The van der Waals surface area contributed by atoms with Crippen LogP contribution in [-0.4, -0.2) is 29.7 Å². The van der Waals surface area contributed by atoms with Gasteiger partial charge in [0.15, 0.2) is 0 Å². The maximum atomic E-state index is 14.1. The van der Waals surface area contributed by atoms with Gasteiger partial charge in [-0.1, -0.05) is 30.3 Å². The summed E-state index contributed by atoms with van der Waals surface area (Å²) in [6, 6.07) is 12.2. The Kier molecular flexibility index (Phi) is 5.09. The molecule has 2 aromatic rings. The maximum absolute atomic E-state index is 14.1. The second-order valence-electron chi connectivity index (χ2n) is 5.91. The van der Waals surface area contributed by atoms with E-state index in [2.05, 4.69) is 5.32 Å². The highest BCUT2D eigenvalue weighted by Crippen LogP contribution is 2.27. The van der Waals surface area contributed by atoms with Gasteiger partial charge in [-0.3, -0.25) is 4.79 Å². The van der Waals surface area contributed by atoms with Crippen LogP contribution in [0.25, 0.3) is 0 Å². The monoisotopic (exact) mass is 343 g/mol.